The highest BCUT2D eigenvalue weighted by atomic mass is 19.3. The number of rotatable bonds is 10. The first-order valence-corrected chi connectivity index (χ1v) is 22.4. The molecule has 5 fully saturated rings. The second kappa shape index (κ2) is 17.2. The molecule has 3 unspecified atom stereocenters. The Balaban J connectivity index is 0.761. The Morgan fingerprint density at radius 2 is 1.85 bits per heavy atom. The summed E-state index contributed by atoms with van der Waals surface area (Å²) in [6.45, 7) is 6.06. The van der Waals surface area contributed by atoms with Crippen LogP contribution < -0.4 is 26.1 Å². The molecule has 3 amide bonds. The Bertz CT molecular complexity index is 2820. The maximum absolute atomic E-state index is 16.1. The number of ether oxygens (including phenoxy) is 1. The third-order valence-electron chi connectivity index (χ3n) is 14.2. The number of alkyl halides is 4. The van der Waals surface area contributed by atoms with Gasteiger partial charge in [-0.05, 0) is 69.3 Å². The fraction of sp³-hybridized carbons (Fsp3) is 0.511. The van der Waals surface area contributed by atoms with Gasteiger partial charge in [-0.2, -0.15) is 10.2 Å². The number of carbonyl (C=O) groups is 3. The molecule has 5 aromatic rings. The van der Waals surface area contributed by atoms with Crippen LogP contribution in [0, 0.1) is 11.8 Å². The molecular formula is C45H50F4N12O5. The van der Waals surface area contributed by atoms with Crippen LogP contribution in [0.4, 0.5) is 34.8 Å². The average Bonchev–Trinajstić information content (AvgIpc) is 3.98. The minimum atomic E-state index is -2.97. The molecule has 1 saturated carbocycles. The monoisotopic (exact) mass is 914 g/mol. The molecule has 17 nitrogen and oxygen atoms in total. The first kappa shape index (κ1) is 43.6. The summed E-state index contributed by atoms with van der Waals surface area (Å²) in [5.74, 6) is -5.01. The third-order valence-corrected chi connectivity index (χ3v) is 14.2. The molecule has 5 aliphatic rings. The number of para-hydroxylation sites is 1. The highest BCUT2D eigenvalue weighted by Crippen LogP contribution is 2.45. The number of nitrogens with zero attached hydrogens (tertiary/aromatic N) is 10. The van der Waals surface area contributed by atoms with Crippen molar-refractivity contribution in [2.45, 2.75) is 81.5 Å². The SMILES string of the molecule is C=C=CC1COCCN1c1ccn2ncc(C(=O)Nc3cn(C4CCC(N5CCC(C6CN(c7cccc8c7n(C)c(=O)n8C7CCC(=O)NC7=O)C6)C(F)(F)C5)CC4)nc3C(F)F)c2n1. The van der Waals surface area contributed by atoms with E-state index in [4.69, 9.17) is 9.72 Å². The van der Waals surface area contributed by atoms with Crippen molar-refractivity contribution in [2.24, 2.45) is 18.9 Å². The molecule has 2 N–H and O–H groups in total. The molecule has 4 saturated heterocycles. The van der Waals surface area contributed by atoms with Crippen LogP contribution in [0.25, 0.3) is 16.7 Å². The van der Waals surface area contributed by atoms with Gasteiger partial charge in [-0.3, -0.25) is 38.4 Å². The van der Waals surface area contributed by atoms with E-state index in [9.17, 15) is 28.0 Å². The quantitative estimate of drug-likeness (QED) is 0.111. The highest BCUT2D eigenvalue weighted by Gasteiger charge is 2.52. The van der Waals surface area contributed by atoms with Crippen LogP contribution in [0.3, 0.4) is 0 Å². The summed E-state index contributed by atoms with van der Waals surface area (Å²) in [7, 11) is 1.63. The number of nitrogens with one attached hydrogen (secondary N) is 2. The topological polar surface area (TPSA) is 169 Å². The molecule has 1 aliphatic carbocycles. The van der Waals surface area contributed by atoms with Crippen LogP contribution in [0.2, 0.25) is 0 Å². The second-order valence-corrected chi connectivity index (χ2v) is 18.1. The third kappa shape index (κ3) is 7.75. The van der Waals surface area contributed by atoms with E-state index in [1.807, 2.05) is 20.8 Å². The molecule has 0 bridgehead atoms. The van der Waals surface area contributed by atoms with Gasteiger partial charge in [0, 0.05) is 63.4 Å². The molecule has 8 heterocycles. The first-order valence-electron chi connectivity index (χ1n) is 22.4. The van der Waals surface area contributed by atoms with Crippen molar-refractivity contribution in [3.05, 3.63) is 83.0 Å². The zero-order chi connectivity index (χ0) is 46.0. The number of benzene rings is 1. The Kier molecular flexibility index (Phi) is 11.3. The van der Waals surface area contributed by atoms with Crippen LogP contribution in [-0.2, 0) is 21.4 Å². The normalized spacial score (nSPS) is 25.3. The van der Waals surface area contributed by atoms with Crippen molar-refractivity contribution in [1.29, 1.82) is 0 Å². The van der Waals surface area contributed by atoms with Crippen molar-refractivity contribution < 1.29 is 36.7 Å². The summed E-state index contributed by atoms with van der Waals surface area (Å²) < 4.78 is 72.4. The number of aromatic nitrogens is 7. The van der Waals surface area contributed by atoms with Crippen LogP contribution in [0.1, 0.15) is 79.5 Å². The lowest BCUT2D eigenvalue weighted by molar-refractivity contribution is -0.142. The number of amides is 3. The van der Waals surface area contributed by atoms with Gasteiger partial charge in [-0.15, -0.1) is 5.73 Å². The number of imide groups is 1. The van der Waals surface area contributed by atoms with Crippen molar-refractivity contribution in [1.82, 2.24) is 43.7 Å². The zero-order valence-electron chi connectivity index (χ0n) is 36.3. The summed E-state index contributed by atoms with van der Waals surface area (Å²) in [5.41, 5.74) is 3.94. The summed E-state index contributed by atoms with van der Waals surface area (Å²) in [6.07, 6.45) is 6.14. The Morgan fingerprint density at radius 3 is 2.59 bits per heavy atom. The molecule has 3 atom stereocenters. The van der Waals surface area contributed by atoms with E-state index in [1.165, 1.54) is 30.7 Å². The van der Waals surface area contributed by atoms with Gasteiger partial charge >= 0.3 is 5.69 Å². The Labute approximate surface area is 375 Å². The number of morpholine rings is 1. The van der Waals surface area contributed by atoms with Crippen molar-refractivity contribution in [2.75, 3.05) is 61.1 Å². The summed E-state index contributed by atoms with van der Waals surface area (Å²) in [6, 6.07) is 5.83. The molecule has 4 aliphatic heterocycles. The van der Waals surface area contributed by atoms with Gasteiger partial charge in [0.25, 0.3) is 18.3 Å². The lowest BCUT2D eigenvalue weighted by Gasteiger charge is -2.51. The van der Waals surface area contributed by atoms with Gasteiger partial charge in [-0.1, -0.05) is 12.6 Å². The van der Waals surface area contributed by atoms with Crippen molar-refractivity contribution in [3.63, 3.8) is 0 Å². The van der Waals surface area contributed by atoms with E-state index in [-0.39, 0.29) is 71.9 Å². The number of anilines is 3. The maximum Gasteiger partial charge on any atom is 0.329 e. The minimum absolute atomic E-state index is 0.0922. The van der Waals surface area contributed by atoms with E-state index < -0.39 is 41.8 Å². The molecule has 0 spiro atoms. The van der Waals surface area contributed by atoms with Crippen LogP contribution in [-0.4, -0.2) is 120 Å². The molecule has 4 aromatic heterocycles. The van der Waals surface area contributed by atoms with E-state index >= 15 is 8.78 Å². The number of hydrogen-bond acceptors (Lipinski definition) is 11. The molecule has 1 aromatic carbocycles. The van der Waals surface area contributed by atoms with E-state index in [0.29, 0.717) is 88.3 Å². The van der Waals surface area contributed by atoms with Gasteiger partial charge in [0.2, 0.25) is 11.8 Å². The minimum Gasteiger partial charge on any atom is -0.377 e. The van der Waals surface area contributed by atoms with Crippen molar-refractivity contribution >= 4 is 51.6 Å². The highest BCUT2D eigenvalue weighted by molar-refractivity contribution is 6.08. The van der Waals surface area contributed by atoms with Crippen molar-refractivity contribution in [3.8, 4) is 0 Å². The molecule has 348 valence electrons. The molecular weight excluding hydrogens is 865 g/mol. The van der Waals surface area contributed by atoms with Crippen LogP contribution in [0.5, 0.6) is 0 Å². The average molecular weight is 915 g/mol. The first-order chi connectivity index (χ1) is 31.8. The Hall–Kier alpha value is -6.31. The van der Waals surface area contributed by atoms with Crippen LogP contribution >= 0.6 is 0 Å². The maximum atomic E-state index is 16.1. The predicted octanol–water partition coefficient (Wildman–Crippen LogP) is 4.87. The largest absolute Gasteiger partial charge is 0.377 e. The second-order valence-electron chi connectivity index (χ2n) is 18.1. The number of halogens is 4. The lowest BCUT2D eigenvalue weighted by atomic mass is 9.76. The smallest absolute Gasteiger partial charge is 0.329 e. The summed E-state index contributed by atoms with van der Waals surface area (Å²) in [4.78, 5) is 62.2. The van der Waals surface area contributed by atoms with Gasteiger partial charge in [0.1, 0.15) is 17.4 Å². The molecule has 66 heavy (non-hydrogen) atoms. The number of imidazole rings is 1. The standard InChI is InChI=1S/C45H50F4N12O5/c1-3-5-29-24-66-19-18-58(29)36-15-17-59-41(52-36)30(20-50-59)42(63)51-32-23-60(54-38(32)40(46)47)28-10-8-27(9-11-28)56-16-14-31(45(48,49)25-56)26-21-57(22-26)33-6-4-7-34-39(33)55(2)44(65)61(34)35-12-13-37(62)53-43(35)64/h4-7,15,17,20,23,26-29,31,35,40H,1,8-14,16,18-19,21-22,24-25H2,2H3,(H,51,63)(H,53,62,64). The number of piperidine rings is 2. The van der Waals surface area contributed by atoms with E-state index in [2.05, 4.69) is 33.1 Å². The number of likely N-dealkylation sites (tertiary alicyclic amines) is 1. The van der Waals surface area contributed by atoms with Gasteiger partial charge in [0.15, 0.2) is 11.3 Å². The fourth-order valence-corrected chi connectivity index (χ4v) is 10.8. The number of hydrogen-bond donors (Lipinski definition) is 2. The summed E-state index contributed by atoms with van der Waals surface area (Å²) >= 11 is 0. The van der Waals surface area contributed by atoms with E-state index in [1.54, 1.807) is 37.5 Å². The Morgan fingerprint density at radius 1 is 1.06 bits per heavy atom. The van der Waals surface area contributed by atoms with E-state index in [0.717, 1.165) is 5.69 Å². The predicted molar refractivity (Wildman–Crippen MR) is 234 cm³/mol. The summed E-state index contributed by atoms with van der Waals surface area (Å²) in [5, 5.41) is 13.4. The van der Waals surface area contributed by atoms with Gasteiger partial charge < -0.3 is 19.9 Å². The number of fused-ring (bicyclic) bond motifs is 2. The van der Waals surface area contributed by atoms with Gasteiger partial charge in [0.05, 0.1) is 60.4 Å². The zero-order valence-corrected chi connectivity index (χ0v) is 36.3. The number of carbonyl (C=O) groups excluding carboxylic acids is 3. The van der Waals surface area contributed by atoms with Crippen LogP contribution in [0.15, 0.2) is 66.0 Å². The van der Waals surface area contributed by atoms with Gasteiger partial charge in [-0.25, -0.2) is 31.9 Å². The lowest BCUT2D eigenvalue weighted by Crippen LogP contribution is -2.60. The fourth-order valence-electron chi connectivity index (χ4n) is 10.8. The molecule has 10 rings (SSSR count). The molecule has 21 heteroatoms. The number of aryl methyl sites for hydroxylation is 1. The molecule has 0 radical (unpaired) electrons.